The van der Waals surface area contributed by atoms with E-state index in [-0.39, 0.29) is 18.4 Å². The molecule has 2 heterocycles. The fourth-order valence-electron chi connectivity index (χ4n) is 2.85. The van der Waals surface area contributed by atoms with E-state index in [1.165, 1.54) is 17.9 Å². The van der Waals surface area contributed by atoms with Crippen LogP contribution in [0, 0.1) is 13.8 Å². The summed E-state index contributed by atoms with van der Waals surface area (Å²) >= 11 is 0. The second-order valence-corrected chi connectivity index (χ2v) is 5.96. The average molecular weight is 340 g/mol. The molecular formula is C18H20N4O3. The quantitative estimate of drug-likeness (QED) is 0.923. The van der Waals surface area contributed by atoms with Crippen LogP contribution in [-0.4, -0.2) is 40.1 Å². The number of imide groups is 1. The Morgan fingerprint density at radius 2 is 2.04 bits per heavy atom. The highest BCUT2D eigenvalue weighted by Gasteiger charge is 2.24. The Morgan fingerprint density at radius 1 is 1.28 bits per heavy atom. The minimum absolute atomic E-state index is 0.246. The van der Waals surface area contributed by atoms with E-state index in [1.54, 1.807) is 7.11 Å². The van der Waals surface area contributed by atoms with Crippen molar-refractivity contribution >= 4 is 17.5 Å². The Labute approximate surface area is 145 Å². The van der Waals surface area contributed by atoms with Crippen LogP contribution in [0.25, 0.3) is 5.69 Å². The molecule has 7 heteroatoms. The van der Waals surface area contributed by atoms with Gasteiger partial charge in [-0.2, -0.15) is 5.10 Å². The van der Waals surface area contributed by atoms with Crippen molar-refractivity contribution in [3.8, 4) is 11.4 Å². The van der Waals surface area contributed by atoms with E-state index in [0.717, 1.165) is 22.8 Å². The van der Waals surface area contributed by atoms with Gasteiger partial charge < -0.3 is 10.1 Å². The summed E-state index contributed by atoms with van der Waals surface area (Å²) in [6.07, 6.45) is 1.43. The molecule has 0 saturated carbocycles. The molecule has 1 aliphatic heterocycles. The van der Waals surface area contributed by atoms with Gasteiger partial charge in [-0.1, -0.05) is 0 Å². The molecule has 0 bridgehead atoms. The second-order valence-electron chi connectivity index (χ2n) is 5.96. The Balaban J connectivity index is 1.86. The van der Waals surface area contributed by atoms with Crippen molar-refractivity contribution in [2.75, 3.05) is 19.0 Å². The second kappa shape index (κ2) is 6.43. The SMILES string of the molecule is COc1cc(NC2=CC(=O)N(C(C)=O)C2)ccc1-n1nc(C)cc1C. The van der Waals surface area contributed by atoms with Crippen LogP contribution in [0.1, 0.15) is 18.3 Å². The highest BCUT2D eigenvalue weighted by molar-refractivity contribution is 6.03. The van der Waals surface area contributed by atoms with Crippen molar-refractivity contribution < 1.29 is 14.3 Å². The number of nitrogens with one attached hydrogen (secondary N) is 1. The first-order chi connectivity index (χ1) is 11.9. The van der Waals surface area contributed by atoms with E-state index < -0.39 is 0 Å². The van der Waals surface area contributed by atoms with Gasteiger partial charge in [-0.15, -0.1) is 0 Å². The number of ether oxygens (including phenoxy) is 1. The number of carbonyl (C=O) groups excluding carboxylic acids is 2. The molecule has 0 unspecified atom stereocenters. The molecule has 1 aromatic carbocycles. The van der Waals surface area contributed by atoms with Crippen LogP contribution in [0.4, 0.5) is 5.69 Å². The summed E-state index contributed by atoms with van der Waals surface area (Å²) in [5.41, 5.74) is 4.21. The number of hydrogen-bond acceptors (Lipinski definition) is 5. The minimum Gasteiger partial charge on any atom is -0.494 e. The average Bonchev–Trinajstić information content (AvgIpc) is 3.09. The first-order valence-corrected chi connectivity index (χ1v) is 7.90. The molecular weight excluding hydrogens is 320 g/mol. The van der Waals surface area contributed by atoms with E-state index in [9.17, 15) is 9.59 Å². The zero-order valence-corrected chi connectivity index (χ0v) is 14.7. The van der Waals surface area contributed by atoms with Crippen molar-refractivity contribution in [1.82, 2.24) is 14.7 Å². The number of rotatable bonds is 4. The van der Waals surface area contributed by atoms with Crippen LogP contribution in [0.15, 0.2) is 36.0 Å². The summed E-state index contributed by atoms with van der Waals surface area (Å²) in [7, 11) is 1.60. The van der Waals surface area contributed by atoms with E-state index >= 15 is 0 Å². The predicted octanol–water partition coefficient (Wildman–Crippen LogP) is 2.18. The molecule has 3 rings (SSSR count). The van der Waals surface area contributed by atoms with Crippen LogP contribution in [-0.2, 0) is 9.59 Å². The lowest BCUT2D eigenvalue weighted by molar-refractivity contribution is -0.138. The van der Waals surface area contributed by atoms with Crippen molar-refractivity contribution in [2.45, 2.75) is 20.8 Å². The zero-order valence-electron chi connectivity index (χ0n) is 14.7. The third-order valence-corrected chi connectivity index (χ3v) is 3.99. The van der Waals surface area contributed by atoms with Gasteiger partial charge in [0.2, 0.25) is 5.91 Å². The number of aromatic nitrogens is 2. The molecule has 25 heavy (non-hydrogen) atoms. The lowest BCUT2D eigenvalue weighted by Gasteiger charge is -2.15. The number of amides is 2. The summed E-state index contributed by atoms with van der Waals surface area (Å²) in [6, 6.07) is 7.63. The normalized spacial score (nSPS) is 13.8. The maximum atomic E-state index is 11.8. The molecule has 0 fully saturated rings. The van der Waals surface area contributed by atoms with Crippen LogP contribution in [0.2, 0.25) is 0 Å². The van der Waals surface area contributed by atoms with Gasteiger partial charge in [-0.3, -0.25) is 14.5 Å². The van der Waals surface area contributed by atoms with Crippen LogP contribution < -0.4 is 10.1 Å². The van der Waals surface area contributed by atoms with Crippen molar-refractivity contribution in [3.05, 3.63) is 47.4 Å². The maximum Gasteiger partial charge on any atom is 0.255 e. The van der Waals surface area contributed by atoms with E-state index in [0.29, 0.717) is 11.4 Å². The van der Waals surface area contributed by atoms with Crippen LogP contribution in [0.3, 0.4) is 0 Å². The summed E-state index contributed by atoms with van der Waals surface area (Å²) in [5.74, 6) is 0.0845. The standard InChI is InChI=1S/C18H20N4O3/c1-11-7-12(2)22(20-11)16-6-5-14(8-17(16)25-4)19-15-9-18(24)21(10-15)13(3)23/h5-9,19H,10H2,1-4H3. The fourth-order valence-corrected chi connectivity index (χ4v) is 2.85. The highest BCUT2D eigenvalue weighted by atomic mass is 16.5. The number of methoxy groups -OCH3 is 1. The Bertz CT molecular complexity index is 882. The van der Waals surface area contributed by atoms with Crippen LogP contribution >= 0.6 is 0 Å². The topological polar surface area (TPSA) is 76.5 Å². The molecule has 0 radical (unpaired) electrons. The van der Waals surface area contributed by atoms with Gasteiger partial charge >= 0.3 is 0 Å². The Kier molecular flexibility index (Phi) is 4.31. The number of carbonyl (C=O) groups is 2. The molecule has 2 aromatic rings. The summed E-state index contributed by atoms with van der Waals surface area (Å²) in [5, 5.41) is 7.64. The molecule has 0 aliphatic carbocycles. The van der Waals surface area contributed by atoms with E-state index in [1.807, 2.05) is 42.8 Å². The summed E-state index contributed by atoms with van der Waals surface area (Å²) in [6.45, 7) is 5.55. The van der Waals surface area contributed by atoms with Gasteiger partial charge in [0.15, 0.2) is 0 Å². The largest absolute Gasteiger partial charge is 0.494 e. The van der Waals surface area contributed by atoms with Crippen molar-refractivity contribution in [2.24, 2.45) is 0 Å². The number of benzene rings is 1. The van der Waals surface area contributed by atoms with Gasteiger partial charge in [-0.05, 0) is 32.0 Å². The highest BCUT2D eigenvalue weighted by Crippen LogP contribution is 2.28. The smallest absolute Gasteiger partial charge is 0.255 e. The Morgan fingerprint density at radius 3 is 2.60 bits per heavy atom. The first kappa shape index (κ1) is 16.8. The van der Waals surface area contributed by atoms with Crippen molar-refractivity contribution in [3.63, 3.8) is 0 Å². The predicted molar refractivity (Wildman–Crippen MR) is 93.7 cm³/mol. The van der Waals surface area contributed by atoms with Gasteiger partial charge in [0.1, 0.15) is 11.4 Å². The van der Waals surface area contributed by atoms with E-state index in [4.69, 9.17) is 4.74 Å². The molecule has 2 amide bonds. The third-order valence-electron chi connectivity index (χ3n) is 3.99. The first-order valence-electron chi connectivity index (χ1n) is 7.90. The van der Waals surface area contributed by atoms with Crippen molar-refractivity contribution in [1.29, 1.82) is 0 Å². The monoisotopic (exact) mass is 340 g/mol. The third kappa shape index (κ3) is 3.26. The molecule has 0 atom stereocenters. The lowest BCUT2D eigenvalue weighted by atomic mass is 10.2. The molecule has 7 nitrogen and oxygen atoms in total. The lowest BCUT2D eigenvalue weighted by Crippen LogP contribution is -2.31. The molecule has 0 spiro atoms. The molecule has 0 saturated heterocycles. The summed E-state index contributed by atoms with van der Waals surface area (Å²) < 4.78 is 7.33. The van der Waals surface area contributed by atoms with Gasteiger partial charge in [-0.25, -0.2) is 4.68 Å². The minimum atomic E-state index is -0.304. The number of nitrogens with zero attached hydrogens (tertiary/aromatic N) is 3. The van der Waals surface area contributed by atoms with E-state index in [2.05, 4.69) is 10.4 Å². The van der Waals surface area contributed by atoms with Gasteiger partial charge in [0.25, 0.3) is 5.91 Å². The number of anilines is 1. The molecule has 1 aromatic heterocycles. The number of aryl methyl sites for hydroxylation is 2. The molecule has 1 N–H and O–H groups in total. The molecule has 130 valence electrons. The van der Waals surface area contributed by atoms with Gasteiger partial charge in [0.05, 0.1) is 19.3 Å². The Hall–Kier alpha value is -3.09. The zero-order chi connectivity index (χ0) is 18.1. The summed E-state index contributed by atoms with van der Waals surface area (Å²) in [4.78, 5) is 24.4. The number of hydrogen-bond donors (Lipinski definition) is 1. The molecule has 1 aliphatic rings. The van der Waals surface area contributed by atoms with Gasteiger partial charge in [0, 0.05) is 36.1 Å². The maximum absolute atomic E-state index is 11.8. The fraction of sp³-hybridized carbons (Fsp3) is 0.278. The van der Waals surface area contributed by atoms with Crippen LogP contribution in [0.5, 0.6) is 5.75 Å².